The summed E-state index contributed by atoms with van der Waals surface area (Å²) in [5.74, 6) is 5.39. The van der Waals surface area contributed by atoms with Crippen molar-refractivity contribution in [3.63, 3.8) is 0 Å². The summed E-state index contributed by atoms with van der Waals surface area (Å²) in [6.07, 6.45) is 2.45. The number of hydrogen-bond donors (Lipinski definition) is 2. The van der Waals surface area contributed by atoms with Crippen molar-refractivity contribution >= 4 is 27.5 Å². The van der Waals surface area contributed by atoms with E-state index < -0.39 is 0 Å². The Kier molecular flexibility index (Phi) is 5.59. The van der Waals surface area contributed by atoms with Crippen molar-refractivity contribution in [3.05, 3.63) is 44.6 Å². The van der Waals surface area contributed by atoms with Crippen LogP contribution in [0.3, 0.4) is 0 Å². The zero-order valence-corrected chi connectivity index (χ0v) is 13.5. The summed E-state index contributed by atoms with van der Waals surface area (Å²) in [5, 5.41) is 4.14. The highest BCUT2D eigenvalue weighted by Crippen LogP contribution is 2.28. The molecule has 1 unspecified atom stereocenters. The van der Waals surface area contributed by atoms with Gasteiger partial charge in [-0.15, -0.1) is 5.10 Å². The third-order valence-corrected chi connectivity index (χ3v) is 4.81. The number of hydrogen-bond acceptors (Lipinski definition) is 5. The topological polar surface area (TPSA) is 63.8 Å². The van der Waals surface area contributed by atoms with Crippen LogP contribution in [0.2, 0.25) is 0 Å². The molecule has 7 heteroatoms. The average molecular weight is 359 g/mol. The van der Waals surface area contributed by atoms with Crippen LogP contribution in [0, 0.1) is 5.82 Å². The molecule has 0 spiro atoms. The van der Waals surface area contributed by atoms with E-state index in [9.17, 15) is 4.39 Å². The fraction of sp³-hybridized carbons (Fsp3) is 0.385. The third kappa shape index (κ3) is 3.41. The highest BCUT2D eigenvalue weighted by Gasteiger charge is 2.20. The second kappa shape index (κ2) is 7.21. The van der Waals surface area contributed by atoms with Crippen LogP contribution in [0.1, 0.15) is 35.5 Å². The first kappa shape index (κ1) is 15.5. The van der Waals surface area contributed by atoms with Gasteiger partial charge in [0, 0.05) is 0 Å². The van der Waals surface area contributed by atoms with E-state index in [1.54, 1.807) is 6.07 Å². The van der Waals surface area contributed by atoms with Crippen molar-refractivity contribution in [2.24, 2.45) is 5.84 Å². The van der Waals surface area contributed by atoms with Gasteiger partial charge in [0.05, 0.1) is 21.1 Å². The molecule has 0 aliphatic heterocycles. The van der Waals surface area contributed by atoms with E-state index in [0.717, 1.165) is 29.0 Å². The lowest BCUT2D eigenvalue weighted by Crippen LogP contribution is -2.29. The molecule has 0 amide bonds. The summed E-state index contributed by atoms with van der Waals surface area (Å²) in [6.45, 7) is 2.09. The number of benzene rings is 1. The minimum absolute atomic E-state index is 0.116. The Morgan fingerprint density at radius 2 is 2.30 bits per heavy atom. The Bertz CT molecular complexity index is 575. The maximum absolute atomic E-state index is 13.6. The highest BCUT2D eigenvalue weighted by molar-refractivity contribution is 9.10. The predicted octanol–water partition coefficient (Wildman–Crippen LogP) is 3.14. The molecule has 0 bridgehead atoms. The first-order chi connectivity index (χ1) is 9.67. The number of halogens is 2. The standard InChI is InChI=1S/C13H16BrFN4S/c1-2-4-10-13(20-19-18-10)11(17-16)7-8-5-3-6-9(15)12(8)14/h3,5-6,11,17H,2,4,7,16H2,1H3. The van der Waals surface area contributed by atoms with E-state index in [4.69, 9.17) is 5.84 Å². The fourth-order valence-corrected chi connectivity index (χ4v) is 3.22. The lowest BCUT2D eigenvalue weighted by Gasteiger charge is -2.16. The third-order valence-electron chi connectivity index (χ3n) is 3.05. The smallest absolute Gasteiger partial charge is 0.137 e. The van der Waals surface area contributed by atoms with E-state index in [1.807, 2.05) is 6.07 Å². The molecule has 2 aromatic rings. The van der Waals surface area contributed by atoms with Crippen molar-refractivity contribution in [2.75, 3.05) is 0 Å². The van der Waals surface area contributed by atoms with Crippen molar-refractivity contribution in [3.8, 4) is 0 Å². The number of nitrogens with zero attached hydrogens (tertiary/aromatic N) is 2. The van der Waals surface area contributed by atoms with Crippen LogP contribution in [0.15, 0.2) is 22.7 Å². The quantitative estimate of drug-likeness (QED) is 0.614. The van der Waals surface area contributed by atoms with Gasteiger partial charge >= 0.3 is 0 Å². The van der Waals surface area contributed by atoms with Crippen LogP contribution in [0.5, 0.6) is 0 Å². The number of rotatable bonds is 6. The zero-order valence-electron chi connectivity index (χ0n) is 11.1. The molecule has 3 N–H and O–H groups in total. The van der Waals surface area contributed by atoms with E-state index in [2.05, 4.69) is 37.9 Å². The largest absolute Gasteiger partial charge is 0.271 e. The van der Waals surface area contributed by atoms with Gasteiger partial charge in [-0.3, -0.25) is 11.3 Å². The number of nitrogens with one attached hydrogen (secondary N) is 1. The molecule has 1 aromatic carbocycles. The van der Waals surface area contributed by atoms with Gasteiger partial charge in [-0.2, -0.15) is 0 Å². The number of nitrogens with two attached hydrogens (primary N) is 1. The normalized spacial score (nSPS) is 12.6. The Labute approximate surface area is 129 Å². The van der Waals surface area contributed by atoms with E-state index in [0.29, 0.717) is 10.9 Å². The first-order valence-corrected chi connectivity index (χ1v) is 7.94. The van der Waals surface area contributed by atoms with Crippen molar-refractivity contribution in [2.45, 2.75) is 32.2 Å². The van der Waals surface area contributed by atoms with Crippen LogP contribution in [0.25, 0.3) is 0 Å². The van der Waals surface area contributed by atoms with E-state index >= 15 is 0 Å². The van der Waals surface area contributed by atoms with Gasteiger partial charge in [-0.05, 0) is 51.9 Å². The number of aromatic nitrogens is 2. The summed E-state index contributed by atoms with van der Waals surface area (Å²) < 4.78 is 18.0. The monoisotopic (exact) mass is 358 g/mol. The first-order valence-electron chi connectivity index (χ1n) is 6.37. The molecule has 0 saturated carbocycles. The zero-order chi connectivity index (χ0) is 14.5. The lowest BCUT2D eigenvalue weighted by atomic mass is 10.0. The maximum atomic E-state index is 13.6. The van der Waals surface area contributed by atoms with Gasteiger partial charge in [-0.1, -0.05) is 30.0 Å². The van der Waals surface area contributed by atoms with Gasteiger partial charge in [0.1, 0.15) is 5.82 Å². The summed E-state index contributed by atoms with van der Waals surface area (Å²) >= 11 is 4.62. The summed E-state index contributed by atoms with van der Waals surface area (Å²) in [6, 6.07) is 4.89. The van der Waals surface area contributed by atoms with Gasteiger partial charge in [0.2, 0.25) is 0 Å². The molecule has 4 nitrogen and oxygen atoms in total. The molecule has 0 saturated heterocycles. The minimum Gasteiger partial charge on any atom is -0.271 e. The summed E-state index contributed by atoms with van der Waals surface area (Å²) in [7, 11) is 0. The van der Waals surface area contributed by atoms with Crippen LogP contribution in [-0.2, 0) is 12.8 Å². The molecule has 108 valence electrons. The van der Waals surface area contributed by atoms with Crippen LogP contribution in [0.4, 0.5) is 4.39 Å². The van der Waals surface area contributed by atoms with Crippen molar-refractivity contribution in [1.82, 2.24) is 15.0 Å². The average Bonchev–Trinajstić information content (AvgIpc) is 2.89. The molecular weight excluding hydrogens is 343 g/mol. The Hall–Kier alpha value is -0.890. The summed E-state index contributed by atoms with van der Waals surface area (Å²) in [5.41, 5.74) is 4.62. The lowest BCUT2D eigenvalue weighted by molar-refractivity contribution is 0.548. The Morgan fingerprint density at radius 1 is 1.50 bits per heavy atom. The molecule has 2 rings (SSSR count). The molecule has 20 heavy (non-hydrogen) atoms. The number of hydrazine groups is 1. The molecular formula is C13H16BrFN4S. The molecule has 1 aromatic heterocycles. The molecule has 0 aliphatic carbocycles. The molecule has 0 radical (unpaired) electrons. The maximum Gasteiger partial charge on any atom is 0.137 e. The second-order valence-corrected chi connectivity index (χ2v) is 6.05. The SMILES string of the molecule is CCCc1nnsc1C(Cc1cccc(F)c1Br)NN. The highest BCUT2D eigenvalue weighted by atomic mass is 79.9. The van der Waals surface area contributed by atoms with Crippen LogP contribution >= 0.6 is 27.5 Å². The van der Waals surface area contributed by atoms with Crippen molar-refractivity contribution in [1.29, 1.82) is 0 Å². The van der Waals surface area contributed by atoms with Crippen LogP contribution in [-0.4, -0.2) is 9.59 Å². The van der Waals surface area contributed by atoms with Gasteiger partial charge in [0.25, 0.3) is 0 Å². The van der Waals surface area contributed by atoms with E-state index in [1.165, 1.54) is 17.6 Å². The second-order valence-electron chi connectivity index (χ2n) is 4.47. The molecule has 1 atom stereocenters. The molecule has 1 heterocycles. The van der Waals surface area contributed by atoms with Gasteiger partial charge in [-0.25, -0.2) is 4.39 Å². The molecule has 0 fully saturated rings. The predicted molar refractivity (Wildman–Crippen MR) is 81.8 cm³/mol. The molecule has 0 aliphatic rings. The summed E-state index contributed by atoms with van der Waals surface area (Å²) in [4.78, 5) is 1.02. The minimum atomic E-state index is -0.269. The Balaban J connectivity index is 2.24. The van der Waals surface area contributed by atoms with Crippen LogP contribution < -0.4 is 11.3 Å². The Morgan fingerprint density at radius 3 is 3.00 bits per heavy atom. The number of aryl methyl sites for hydroxylation is 1. The van der Waals surface area contributed by atoms with Gasteiger partial charge < -0.3 is 0 Å². The fourth-order valence-electron chi connectivity index (χ4n) is 2.04. The van der Waals surface area contributed by atoms with E-state index in [-0.39, 0.29) is 11.9 Å². The van der Waals surface area contributed by atoms with Crippen molar-refractivity contribution < 1.29 is 4.39 Å². The van der Waals surface area contributed by atoms with Gasteiger partial charge in [0.15, 0.2) is 0 Å².